The third kappa shape index (κ3) is 4.24. The van der Waals surface area contributed by atoms with Crippen LogP contribution >= 0.6 is 0 Å². The number of fused-ring (bicyclic) bond motifs is 2. The van der Waals surface area contributed by atoms with Crippen molar-refractivity contribution in [3.8, 4) is 6.07 Å². The van der Waals surface area contributed by atoms with Gasteiger partial charge in [-0.05, 0) is 50.9 Å². The van der Waals surface area contributed by atoms with Crippen molar-refractivity contribution in [3.05, 3.63) is 29.8 Å². The molecule has 0 aromatic heterocycles. The van der Waals surface area contributed by atoms with E-state index < -0.39 is 22.1 Å². The summed E-state index contributed by atoms with van der Waals surface area (Å²) in [5.41, 5.74) is 6.95. The van der Waals surface area contributed by atoms with Gasteiger partial charge < -0.3 is 15.5 Å². The van der Waals surface area contributed by atoms with Gasteiger partial charge in [-0.25, -0.2) is 13.1 Å². The Morgan fingerprint density at radius 3 is 2.82 bits per heavy atom. The quantitative estimate of drug-likeness (QED) is 0.557. The number of nitrogens with one attached hydrogen (secondary N) is 1. The zero-order chi connectivity index (χ0) is 23.9. The zero-order valence-corrected chi connectivity index (χ0v) is 19.7. The molecular formula is C22H30N6O4S. The van der Waals surface area contributed by atoms with Crippen LogP contribution in [0.3, 0.4) is 0 Å². The maximum Gasteiger partial charge on any atom is 0.241 e. The van der Waals surface area contributed by atoms with Crippen LogP contribution in [-0.4, -0.2) is 85.8 Å². The average Bonchev–Trinajstić information content (AvgIpc) is 3.52. The van der Waals surface area contributed by atoms with Crippen LogP contribution in [0.2, 0.25) is 0 Å². The Kier molecular flexibility index (Phi) is 6.46. The molecule has 0 unspecified atom stereocenters. The summed E-state index contributed by atoms with van der Waals surface area (Å²) < 4.78 is 26.6. The zero-order valence-electron chi connectivity index (χ0n) is 18.8. The van der Waals surface area contributed by atoms with E-state index in [4.69, 9.17) is 5.73 Å². The summed E-state index contributed by atoms with van der Waals surface area (Å²) in [6.07, 6.45) is 2.13. The summed E-state index contributed by atoms with van der Waals surface area (Å²) in [7, 11) is -2.21. The standard InChI is InChI=1S/C22H30N6O4S/c1-14(15-5-3-7-18(9-15)33(31,32)25-2)28-17-10-20(22(28)30)26(12-17)13-19(24)21(29)27-8-4-6-16(27)11-23/h3,5,7,9,14,16-17,19-20,25H,4,6,8,10,12-13,24H2,1-2H3/t14-,16+,17+,19+,20+/m1/s1. The number of sulfonamides is 1. The van der Waals surface area contributed by atoms with Crippen molar-refractivity contribution < 1.29 is 18.0 Å². The number of nitrogens with two attached hydrogens (primary N) is 1. The molecule has 2 bridgehead atoms. The number of hydrogen-bond donors (Lipinski definition) is 2. The number of piperazine rings is 1. The molecule has 2 amide bonds. The number of hydrogen-bond acceptors (Lipinski definition) is 7. The highest BCUT2D eigenvalue weighted by Crippen LogP contribution is 2.38. The molecule has 178 valence electrons. The maximum atomic E-state index is 13.2. The van der Waals surface area contributed by atoms with Crippen molar-refractivity contribution >= 4 is 21.8 Å². The Bertz CT molecular complexity index is 1090. The van der Waals surface area contributed by atoms with Crippen LogP contribution in [0.1, 0.15) is 37.8 Å². The van der Waals surface area contributed by atoms with Crippen LogP contribution in [0.25, 0.3) is 0 Å². The lowest BCUT2D eigenvalue weighted by Crippen LogP contribution is -2.56. The summed E-state index contributed by atoms with van der Waals surface area (Å²) in [6.45, 7) is 3.33. The smallest absolute Gasteiger partial charge is 0.241 e. The van der Waals surface area contributed by atoms with E-state index in [1.165, 1.54) is 13.1 Å². The van der Waals surface area contributed by atoms with Crippen molar-refractivity contribution in [1.29, 1.82) is 5.26 Å². The summed E-state index contributed by atoms with van der Waals surface area (Å²) in [6, 6.07) is 6.95. The molecule has 1 aromatic carbocycles. The van der Waals surface area contributed by atoms with Gasteiger partial charge in [0.25, 0.3) is 0 Å². The van der Waals surface area contributed by atoms with E-state index in [0.717, 1.165) is 12.0 Å². The topological polar surface area (TPSA) is 140 Å². The molecule has 3 heterocycles. The molecule has 10 nitrogen and oxygen atoms in total. The molecule has 3 N–H and O–H groups in total. The van der Waals surface area contributed by atoms with Gasteiger partial charge >= 0.3 is 0 Å². The predicted molar refractivity (Wildman–Crippen MR) is 120 cm³/mol. The maximum absolute atomic E-state index is 13.2. The lowest BCUT2D eigenvalue weighted by molar-refractivity contribution is -0.141. The molecule has 33 heavy (non-hydrogen) atoms. The van der Waals surface area contributed by atoms with Gasteiger partial charge in [0, 0.05) is 25.7 Å². The molecule has 0 radical (unpaired) electrons. The molecule has 3 aliphatic heterocycles. The molecule has 11 heteroatoms. The van der Waals surface area contributed by atoms with Crippen molar-refractivity contribution in [2.45, 2.75) is 61.3 Å². The summed E-state index contributed by atoms with van der Waals surface area (Å²) >= 11 is 0. The van der Waals surface area contributed by atoms with Crippen LogP contribution in [0.4, 0.5) is 0 Å². The molecule has 1 aromatic rings. The molecule has 3 saturated heterocycles. The van der Waals surface area contributed by atoms with E-state index in [2.05, 4.69) is 10.8 Å². The minimum Gasteiger partial charge on any atom is -0.330 e. The predicted octanol–water partition coefficient (Wildman–Crippen LogP) is -0.217. The number of likely N-dealkylation sites (tertiary alicyclic amines) is 3. The van der Waals surface area contributed by atoms with E-state index in [0.29, 0.717) is 25.9 Å². The normalized spacial score (nSPS) is 27.1. The molecule has 0 spiro atoms. The highest BCUT2D eigenvalue weighted by molar-refractivity contribution is 7.89. The number of carbonyl (C=O) groups excluding carboxylic acids is 2. The van der Waals surface area contributed by atoms with Crippen LogP contribution in [0.5, 0.6) is 0 Å². The Morgan fingerprint density at radius 1 is 1.39 bits per heavy atom. The van der Waals surface area contributed by atoms with E-state index in [1.807, 2.05) is 22.8 Å². The van der Waals surface area contributed by atoms with Gasteiger partial charge in [0.2, 0.25) is 21.8 Å². The molecule has 3 fully saturated rings. The molecule has 0 aliphatic carbocycles. The first-order valence-electron chi connectivity index (χ1n) is 11.2. The first-order valence-corrected chi connectivity index (χ1v) is 12.7. The van der Waals surface area contributed by atoms with Crippen molar-refractivity contribution in [2.24, 2.45) is 5.73 Å². The number of nitriles is 1. The van der Waals surface area contributed by atoms with Gasteiger partial charge in [-0.1, -0.05) is 12.1 Å². The van der Waals surface area contributed by atoms with E-state index in [1.54, 1.807) is 17.0 Å². The lowest BCUT2D eigenvalue weighted by Gasteiger charge is -2.38. The monoisotopic (exact) mass is 474 g/mol. The van der Waals surface area contributed by atoms with Gasteiger partial charge in [0.1, 0.15) is 6.04 Å². The second-order valence-electron chi connectivity index (χ2n) is 8.99. The van der Waals surface area contributed by atoms with Gasteiger partial charge in [-0.2, -0.15) is 5.26 Å². The van der Waals surface area contributed by atoms with Crippen LogP contribution in [0.15, 0.2) is 29.2 Å². The second-order valence-corrected chi connectivity index (χ2v) is 10.9. The highest BCUT2D eigenvalue weighted by Gasteiger charge is 2.51. The fraction of sp³-hybridized carbons (Fsp3) is 0.591. The van der Waals surface area contributed by atoms with Crippen LogP contribution in [0, 0.1) is 11.3 Å². The SMILES string of the molecule is CNS(=O)(=O)c1cccc([C@@H](C)N2C(=O)[C@@H]3C[C@H]2CN3C[C@H](N)C(=O)N2CCC[C@H]2C#N)c1. The Balaban J connectivity index is 1.42. The largest absolute Gasteiger partial charge is 0.330 e. The number of amides is 2. The van der Waals surface area contributed by atoms with E-state index in [9.17, 15) is 23.3 Å². The Labute approximate surface area is 194 Å². The molecule has 4 rings (SSSR count). The Morgan fingerprint density at radius 2 is 2.15 bits per heavy atom. The van der Waals surface area contributed by atoms with Crippen LogP contribution in [-0.2, 0) is 19.6 Å². The number of carbonyl (C=O) groups is 2. The summed E-state index contributed by atoms with van der Waals surface area (Å²) in [5.74, 6) is -0.265. The number of benzene rings is 1. The minimum absolute atomic E-state index is 0.0250. The number of rotatable bonds is 7. The highest BCUT2D eigenvalue weighted by atomic mass is 32.2. The fourth-order valence-electron chi connectivity index (χ4n) is 5.33. The molecule has 5 atom stereocenters. The van der Waals surface area contributed by atoms with Crippen molar-refractivity contribution in [2.75, 3.05) is 26.7 Å². The van der Waals surface area contributed by atoms with Crippen molar-refractivity contribution in [3.63, 3.8) is 0 Å². The first-order chi connectivity index (χ1) is 15.7. The van der Waals surface area contributed by atoms with Gasteiger partial charge in [0.05, 0.1) is 29.1 Å². The molecule has 3 aliphatic rings. The van der Waals surface area contributed by atoms with E-state index >= 15 is 0 Å². The number of nitrogens with zero attached hydrogens (tertiary/aromatic N) is 4. The summed E-state index contributed by atoms with van der Waals surface area (Å²) in [4.78, 5) is 31.5. The molecule has 0 saturated carbocycles. The van der Waals surface area contributed by atoms with Gasteiger partial charge in [-0.15, -0.1) is 0 Å². The van der Waals surface area contributed by atoms with Crippen molar-refractivity contribution in [1.82, 2.24) is 19.4 Å². The lowest BCUT2D eigenvalue weighted by atomic mass is 10.1. The first kappa shape index (κ1) is 23.6. The van der Waals surface area contributed by atoms with E-state index in [-0.39, 0.29) is 41.4 Å². The van der Waals surface area contributed by atoms with Crippen LogP contribution < -0.4 is 10.5 Å². The minimum atomic E-state index is -3.58. The Hall–Kier alpha value is -2.52. The average molecular weight is 475 g/mol. The summed E-state index contributed by atoms with van der Waals surface area (Å²) in [5, 5.41) is 9.24. The third-order valence-corrected chi connectivity index (χ3v) is 8.50. The second kappa shape index (κ2) is 9.02. The fourth-order valence-corrected chi connectivity index (χ4v) is 6.11. The van der Waals surface area contributed by atoms with Gasteiger partial charge in [-0.3, -0.25) is 14.5 Å². The third-order valence-electron chi connectivity index (χ3n) is 7.08. The molecular weight excluding hydrogens is 444 g/mol. The van der Waals surface area contributed by atoms with Gasteiger partial charge in [0.15, 0.2) is 0 Å².